The molecule has 166 valence electrons. The number of hydrogen-bond acceptors (Lipinski definition) is 5. The number of benzene rings is 2. The number of carbonyl (C=O) groups is 2. The maximum Gasteiger partial charge on any atom is 0.336 e. The minimum absolute atomic E-state index is 0.0503. The molecule has 0 saturated carbocycles. The summed E-state index contributed by atoms with van der Waals surface area (Å²) in [5.41, 5.74) is 5.80. The van der Waals surface area contributed by atoms with Gasteiger partial charge in [-0.05, 0) is 54.7 Å². The molecule has 1 N–H and O–H groups in total. The molecular weight excluding hydrogens is 424 g/mol. The predicted octanol–water partition coefficient (Wildman–Crippen LogP) is 4.94. The lowest BCUT2D eigenvalue weighted by atomic mass is 9.71. The van der Waals surface area contributed by atoms with E-state index in [1.54, 1.807) is 0 Å². The van der Waals surface area contributed by atoms with Gasteiger partial charge in [-0.15, -0.1) is 0 Å². The fourth-order valence-electron chi connectivity index (χ4n) is 4.69. The number of ether oxygens (including phenoxy) is 1. The SMILES string of the molecule is COC(=O)C1=C(C)NC2=C(C(=O)C[C@H](c3ccc(Cl)cc3)C2)[C@@H]1c1ccc(N(C)C)cc1. The van der Waals surface area contributed by atoms with E-state index in [1.807, 2.05) is 74.4 Å². The van der Waals surface area contributed by atoms with Crippen LogP contribution >= 0.6 is 11.6 Å². The van der Waals surface area contributed by atoms with Crippen LogP contribution in [0.3, 0.4) is 0 Å². The Kier molecular flexibility index (Phi) is 6.11. The summed E-state index contributed by atoms with van der Waals surface area (Å²) >= 11 is 6.04. The summed E-state index contributed by atoms with van der Waals surface area (Å²) in [5.74, 6) is -0.756. The standard InChI is InChI=1S/C26H27ClN2O3/c1-15-23(26(31)32-4)24(17-7-11-20(12-8-17)29(2)3)25-21(28-15)13-18(14-22(25)30)16-5-9-19(27)10-6-16/h5-12,18,24,28H,13-14H2,1-4H3/t18-,24-/m1/s1. The summed E-state index contributed by atoms with van der Waals surface area (Å²) in [6.07, 6.45) is 1.09. The second-order valence-electron chi connectivity index (χ2n) is 8.55. The lowest BCUT2D eigenvalue weighted by Crippen LogP contribution is -2.36. The maximum absolute atomic E-state index is 13.5. The van der Waals surface area contributed by atoms with Crippen molar-refractivity contribution in [1.29, 1.82) is 0 Å². The molecule has 0 fully saturated rings. The van der Waals surface area contributed by atoms with Crippen molar-refractivity contribution in [2.75, 3.05) is 26.1 Å². The van der Waals surface area contributed by atoms with Crippen molar-refractivity contribution in [2.45, 2.75) is 31.6 Å². The highest BCUT2D eigenvalue weighted by Crippen LogP contribution is 2.45. The molecule has 0 saturated heterocycles. The molecule has 32 heavy (non-hydrogen) atoms. The highest BCUT2D eigenvalue weighted by molar-refractivity contribution is 6.30. The summed E-state index contributed by atoms with van der Waals surface area (Å²) in [5, 5.41) is 4.03. The number of nitrogens with zero attached hydrogens (tertiary/aromatic N) is 1. The van der Waals surface area contributed by atoms with Gasteiger partial charge in [0, 0.05) is 54.1 Å². The highest BCUT2D eigenvalue weighted by atomic mass is 35.5. The minimum atomic E-state index is -0.450. The molecule has 0 spiro atoms. The van der Waals surface area contributed by atoms with Gasteiger partial charge >= 0.3 is 5.97 Å². The van der Waals surface area contributed by atoms with Crippen LogP contribution in [0.5, 0.6) is 0 Å². The van der Waals surface area contributed by atoms with Crippen molar-refractivity contribution in [2.24, 2.45) is 0 Å². The van der Waals surface area contributed by atoms with Gasteiger partial charge in [-0.25, -0.2) is 4.79 Å². The average Bonchev–Trinajstić information content (AvgIpc) is 2.78. The summed E-state index contributed by atoms with van der Waals surface area (Å²) in [6, 6.07) is 15.7. The van der Waals surface area contributed by atoms with Crippen molar-refractivity contribution >= 4 is 29.0 Å². The van der Waals surface area contributed by atoms with E-state index in [4.69, 9.17) is 16.3 Å². The van der Waals surface area contributed by atoms with E-state index in [9.17, 15) is 9.59 Å². The Hall–Kier alpha value is -3.05. The Morgan fingerprint density at radius 3 is 2.25 bits per heavy atom. The number of hydrogen-bond donors (Lipinski definition) is 1. The molecule has 4 rings (SSSR count). The van der Waals surface area contributed by atoms with Gasteiger partial charge in [-0.1, -0.05) is 35.9 Å². The third kappa shape index (κ3) is 4.05. The molecule has 5 nitrogen and oxygen atoms in total. The number of esters is 1. The first kappa shape index (κ1) is 22.2. The van der Waals surface area contributed by atoms with E-state index in [-0.39, 0.29) is 11.7 Å². The Labute approximate surface area is 193 Å². The van der Waals surface area contributed by atoms with E-state index in [1.165, 1.54) is 7.11 Å². The quantitative estimate of drug-likeness (QED) is 0.668. The molecule has 2 atom stereocenters. The number of anilines is 1. The molecule has 1 aliphatic heterocycles. The molecule has 2 aliphatic rings. The molecule has 0 radical (unpaired) electrons. The van der Waals surface area contributed by atoms with Gasteiger partial charge in [0.05, 0.1) is 12.7 Å². The second-order valence-corrected chi connectivity index (χ2v) is 8.98. The number of halogens is 1. The normalized spacial score (nSPS) is 20.6. The molecule has 1 aliphatic carbocycles. The fourth-order valence-corrected chi connectivity index (χ4v) is 4.81. The van der Waals surface area contributed by atoms with Gasteiger partial charge < -0.3 is 15.0 Å². The number of ketones is 1. The topological polar surface area (TPSA) is 58.6 Å². The average molecular weight is 451 g/mol. The van der Waals surface area contributed by atoms with Crippen LogP contribution in [0.2, 0.25) is 5.02 Å². The molecule has 0 amide bonds. The van der Waals surface area contributed by atoms with Crippen LogP contribution in [0, 0.1) is 0 Å². The van der Waals surface area contributed by atoms with Crippen LogP contribution in [-0.2, 0) is 14.3 Å². The zero-order valence-electron chi connectivity index (χ0n) is 18.7. The zero-order chi connectivity index (χ0) is 23.0. The molecule has 0 unspecified atom stereocenters. The number of nitrogens with one attached hydrogen (secondary N) is 1. The predicted molar refractivity (Wildman–Crippen MR) is 127 cm³/mol. The Bertz CT molecular complexity index is 1110. The minimum Gasteiger partial charge on any atom is -0.466 e. The monoisotopic (exact) mass is 450 g/mol. The van der Waals surface area contributed by atoms with E-state index in [2.05, 4.69) is 5.32 Å². The van der Waals surface area contributed by atoms with Crippen molar-refractivity contribution in [3.05, 3.63) is 87.2 Å². The van der Waals surface area contributed by atoms with Gasteiger partial charge in [0.25, 0.3) is 0 Å². The van der Waals surface area contributed by atoms with Crippen LogP contribution in [0.4, 0.5) is 5.69 Å². The number of carbonyl (C=O) groups excluding carboxylic acids is 2. The van der Waals surface area contributed by atoms with Crippen molar-refractivity contribution in [3.8, 4) is 0 Å². The van der Waals surface area contributed by atoms with E-state index >= 15 is 0 Å². The van der Waals surface area contributed by atoms with Gasteiger partial charge in [-0.3, -0.25) is 4.79 Å². The van der Waals surface area contributed by atoms with Crippen LogP contribution in [0.15, 0.2) is 71.1 Å². The summed E-state index contributed by atoms with van der Waals surface area (Å²) in [6.45, 7) is 1.87. The highest BCUT2D eigenvalue weighted by Gasteiger charge is 2.41. The fraction of sp³-hybridized carbons (Fsp3) is 0.308. The number of dihydropyridines is 1. The number of allylic oxidation sites excluding steroid dienone is 3. The zero-order valence-corrected chi connectivity index (χ0v) is 19.5. The lowest BCUT2D eigenvalue weighted by molar-refractivity contribution is -0.136. The Morgan fingerprint density at radius 1 is 1.03 bits per heavy atom. The molecule has 0 aromatic heterocycles. The first-order valence-electron chi connectivity index (χ1n) is 10.6. The summed E-state index contributed by atoms with van der Waals surface area (Å²) in [7, 11) is 5.33. The third-order valence-corrected chi connectivity index (χ3v) is 6.57. The molecule has 1 heterocycles. The van der Waals surface area contributed by atoms with Gasteiger partial charge in [0.15, 0.2) is 5.78 Å². The van der Waals surface area contributed by atoms with Crippen LogP contribution in [0.25, 0.3) is 0 Å². The smallest absolute Gasteiger partial charge is 0.336 e. The third-order valence-electron chi connectivity index (χ3n) is 6.32. The molecule has 6 heteroatoms. The number of methoxy groups -OCH3 is 1. The van der Waals surface area contributed by atoms with Gasteiger partial charge in [-0.2, -0.15) is 0 Å². The first-order valence-corrected chi connectivity index (χ1v) is 11.0. The van der Waals surface area contributed by atoms with E-state index in [0.29, 0.717) is 29.0 Å². The lowest BCUT2D eigenvalue weighted by Gasteiger charge is -2.36. The Morgan fingerprint density at radius 2 is 1.66 bits per heavy atom. The van der Waals surface area contributed by atoms with Crippen molar-refractivity contribution in [3.63, 3.8) is 0 Å². The van der Waals surface area contributed by atoms with E-state index in [0.717, 1.165) is 28.2 Å². The van der Waals surface area contributed by atoms with Crippen molar-refractivity contribution < 1.29 is 14.3 Å². The number of rotatable bonds is 4. The Balaban J connectivity index is 1.78. The second kappa shape index (κ2) is 8.83. The van der Waals surface area contributed by atoms with Crippen LogP contribution < -0.4 is 10.2 Å². The largest absolute Gasteiger partial charge is 0.466 e. The first-order chi connectivity index (χ1) is 15.3. The summed E-state index contributed by atoms with van der Waals surface area (Å²) in [4.78, 5) is 28.3. The summed E-state index contributed by atoms with van der Waals surface area (Å²) < 4.78 is 5.10. The molecule has 2 aromatic carbocycles. The van der Waals surface area contributed by atoms with Crippen LogP contribution in [0.1, 0.15) is 42.7 Å². The van der Waals surface area contributed by atoms with Gasteiger partial charge in [0.1, 0.15) is 0 Å². The maximum atomic E-state index is 13.5. The van der Waals surface area contributed by atoms with Crippen molar-refractivity contribution in [1.82, 2.24) is 5.32 Å². The molecule has 0 bridgehead atoms. The van der Waals surface area contributed by atoms with Crippen LogP contribution in [-0.4, -0.2) is 33.0 Å². The molecule has 2 aromatic rings. The van der Waals surface area contributed by atoms with E-state index < -0.39 is 11.9 Å². The molecular formula is C26H27ClN2O3. The van der Waals surface area contributed by atoms with Gasteiger partial charge in [0.2, 0.25) is 0 Å². The number of Topliss-reactive ketones (excluding diaryl/α,β-unsaturated/α-hetero) is 1.